The minimum atomic E-state index is 0.548. The summed E-state index contributed by atoms with van der Waals surface area (Å²) in [4.78, 5) is 2.59. The Morgan fingerprint density at radius 3 is 2.42 bits per heavy atom. The molecular formula is C9H18NOP. The second-order valence-corrected chi connectivity index (χ2v) is 4.63. The molecule has 1 unspecified atom stereocenters. The van der Waals surface area contributed by atoms with Gasteiger partial charge in [0.15, 0.2) is 0 Å². The lowest BCUT2D eigenvalue weighted by atomic mass is 10.1. The molecule has 0 aromatic carbocycles. The van der Waals surface area contributed by atoms with E-state index in [0.717, 1.165) is 6.61 Å². The van der Waals surface area contributed by atoms with E-state index < -0.39 is 0 Å². The van der Waals surface area contributed by atoms with Gasteiger partial charge in [0.1, 0.15) is 0 Å². The monoisotopic (exact) mass is 187 g/mol. The van der Waals surface area contributed by atoms with Crippen LogP contribution in [0.2, 0.25) is 0 Å². The molecule has 1 saturated heterocycles. The largest absolute Gasteiger partial charge is 0.365 e. The molecule has 3 heteroatoms. The Kier molecular flexibility index (Phi) is 2.69. The number of hydrogen-bond acceptors (Lipinski definition) is 2. The Bertz CT molecular complexity index is 153. The summed E-state index contributed by atoms with van der Waals surface area (Å²) in [7, 11) is 2.37. The highest BCUT2D eigenvalue weighted by Gasteiger charge is 2.44. The second-order valence-electron chi connectivity index (χ2n) is 4.29. The van der Waals surface area contributed by atoms with Crippen molar-refractivity contribution in [1.82, 2.24) is 4.90 Å². The molecule has 0 bridgehead atoms. The fraction of sp³-hybridized carbons (Fsp3) is 1.00. The van der Waals surface area contributed by atoms with E-state index >= 15 is 0 Å². The highest BCUT2D eigenvalue weighted by atomic mass is 31.0. The molecule has 2 fully saturated rings. The Morgan fingerprint density at radius 1 is 1.25 bits per heavy atom. The van der Waals surface area contributed by atoms with Gasteiger partial charge in [-0.1, -0.05) is 0 Å². The van der Waals surface area contributed by atoms with Gasteiger partial charge in [0, 0.05) is 21.4 Å². The predicted octanol–water partition coefficient (Wildman–Crippen LogP) is 1.67. The lowest BCUT2D eigenvalue weighted by Gasteiger charge is -2.21. The van der Waals surface area contributed by atoms with Crippen LogP contribution in [0.15, 0.2) is 0 Å². The molecule has 0 spiro atoms. The van der Waals surface area contributed by atoms with Gasteiger partial charge in [0.2, 0.25) is 0 Å². The molecule has 1 atom stereocenters. The van der Waals surface area contributed by atoms with Crippen molar-refractivity contribution in [1.29, 1.82) is 0 Å². The maximum absolute atomic E-state index is 5.17. The SMILES string of the molecule is POCC1(CN2CCCC2)CC1. The standard InChI is InChI=1S/C9H18NOP/c12-11-8-9(3-4-9)7-10-5-1-2-6-10/h1-8,12H2. The Labute approximate surface area is 76.9 Å². The van der Waals surface area contributed by atoms with Crippen molar-refractivity contribution in [3.8, 4) is 0 Å². The summed E-state index contributed by atoms with van der Waals surface area (Å²) >= 11 is 0. The van der Waals surface area contributed by atoms with Crippen molar-refractivity contribution in [3.05, 3.63) is 0 Å². The first-order chi connectivity index (χ1) is 5.85. The van der Waals surface area contributed by atoms with Crippen molar-refractivity contribution in [2.75, 3.05) is 26.2 Å². The molecule has 2 aliphatic rings. The smallest absolute Gasteiger partial charge is 0.0570 e. The van der Waals surface area contributed by atoms with E-state index in [2.05, 4.69) is 14.4 Å². The van der Waals surface area contributed by atoms with Crippen molar-refractivity contribution >= 4 is 9.47 Å². The number of rotatable bonds is 4. The lowest BCUT2D eigenvalue weighted by Crippen LogP contribution is -2.29. The summed E-state index contributed by atoms with van der Waals surface area (Å²) in [6, 6.07) is 0. The van der Waals surface area contributed by atoms with Gasteiger partial charge in [-0.15, -0.1) is 0 Å². The molecule has 1 saturated carbocycles. The van der Waals surface area contributed by atoms with Gasteiger partial charge < -0.3 is 9.42 Å². The van der Waals surface area contributed by atoms with Gasteiger partial charge >= 0.3 is 0 Å². The molecule has 0 amide bonds. The molecule has 1 aliphatic carbocycles. The number of hydrogen-bond donors (Lipinski definition) is 0. The molecule has 70 valence electrons. The molecule has 1 heterocycles. The van der Waals surface area contributed by atoms with Crippen molar-refractivity contribution < 1.29 is 4.52 Å². The second kappa shape index (κ2) is 3.61. The minimum absolute atomic E-state index is 0.548. The topological polar surface area (TPSA) is 12.5 Å². The van der Waals surface area contributed by atoms with E-state index in [0.29, 0.717) is 5.41 Å². The van der Waals surface area contributed by atoms with Crippen LogP contribution in [0, 0.1) is 5.41 Å². The summed E-state index contributed by atoms with van der Waals surface area (Å²) in [5.74, 6) is 0. The number of likely N-dealkylation sites (tertiary alicyclic amines) is 1. The predicted molar refractivity (Wildman–Crippen MR) is 53.0 cm³/mol. The quantitative estimate of drug-likeness (QED) is 0.621. The zero-order valence-electron chi connectivity index (χ0n) is 7.59. The van der Waals surface area contributed by atoms with E-state index in [4.69, 9.17) is 4.52 Å². The average Bonchev–Trinajstić information content (AvgIpc) is 2.63. The molecule has 0 aromatic rings. The summed E-state index contributed by atoms with van der Waals surface area (Å²) in [5, 5.41) is 0. The van der Waals surface area contributed by atoms with E-state index in [1.54, 1.807) is 0 Å². The first-order valence-electron chi connectivity index (χ1n) is 4.89. The van der Waals surface area contributed by atoms with Gasteiger partial charge in [-0.2, -0.15) is 0 Å². The van der Waals surface area contributed by atoms with E-state index in [9.17, 15) is 0 Å². The normalized spacial score (nSPS) is 27.8. The highest BCUT2D eigenvalue weighted by molar-refractivity contribution is 7.09. The fourth-order valence-electron chi connectivity index (χ4n) is 2.12. The van der Waals surface area contributed by atoms with E-state index in [1.807, 2.05) is 0 Å². The number of nitrogens with zero attached hydrogens (tertiary/aromatic N) is 1. The summed E-state index contributed by atoms with van der Waals surface area (Å²) in [6.45, 7) is 4.85. The Balaban J connectivity index is 1.77. The Hall–Kier alpha value is 0.350. The van der Waals surface area contributed by atoms with Gasteiger partial charge in [0.25, 0.3) is 0 Å². The molecule has 2 rings (SSSR count). The summed E-state index contributed by atoms with van der Waals surface area (Å²) < 4.78 is 5.17. The van der Waals surface area contributed by atoms with Crippen LogP contribution in [0.4, 0.5) is 0 Å². The highest BCUT2D eigenvalue weighted by Crippen LogP contribution is 2.47. The van der Waals surface area contributed by atoms with Gasteiger partial charge in [-0.25, -0.2) is 0 Å². The van der Waals surface area contributed by atoms with Crippen molar-refractivity contribution in [3.63, 3.8) is 0 Å². The van der Waals surface area contributed by atoms with Crippen molar-refractivity contribution in [2.45, 2.75) is 25.7 Å². The van der Waals surface area contributed by atoms with Crippen LogP contribution in [-0.4, -0.2) is 31.1 Å². The first kappa shape index (κ1) is 8.93. The van der Waals surface area contributed by atoms with E-state index in [-0.39, 0.29) is 0 Å². The summed E-state index contributed by atoms with van der Waals surface area (Å²) in [5.41, 5.74) is 0.548. The van der Waals surface area contributed by atoms with Crippen LogP contribution in [0.5, 0.6) is 0 Å². The van der Waals surface area contributed by atoms with Crippen LogP contribution in [0.3, 0.4) is 0 Å². The average molecular weight is 187 g/mol. The third kappa shape index (κ3) is 1.99. The van der Waals surface area contributed by atoms with E-state index in [1.165, 1.54) is 45.3 Å². The van der Waals surface area contributed by atoms with Crippen LogP contribution >= 0.6 is 9.47 Å². The van der Waals surface area contributed by atoms with Crippen LogP contribution < -0.4 is 0 Å². The molecule has 0 radical (unpaired) electrons. The maximum atomic E-state index is 5.17. The lowest BCUT2D eigenvalue weighted by molar-refractivity contribution is 0.196. The molecule has 1 aliphatic heterocycles. The first-order valence-corrected chi connectivity index (χ1v) is 5.36. The molecule has 12 heavy (non-hydrogen) atoms. The zero-order chi connectivity index (χ0) is 8.44. The molecular weight excluding hydrogens is 169 g/mol. The van der Waals surface area contributed by atoms with Crippen molar-refractivity contribution in [2.24, 2.45) is 5.41 Å². The molecule has 2 nitrogen and oxygen atoms in total. The van der Waals surface area contributed by atoms with Gasteiger partial charge in [0.05, 0.1) is 6.61 Å². The Morgan fingerprint density at radius 2 is 1.92 bits per heavy atom. The molecule has 0 aromatic heterocycles. The maximum Gasteiger partial charge on any atom is 0.0570 e. The summed E-state index contributed by atoms with van der Waals surface area (Å²) in [6.07, 6.45) is 5.55. The fourth-order valence-corrected chi connectivity index (χ4v) is 2.47. The van der Waals surface area contributed by atoms with Crippen LogP contribution in [0.25, 0.3) is 0 Å². The third-order valence-corrected chi connectivity index (χ3v) is 3.27. The third-order valence-electron chi connectivity index (χ3n) is 3.10. The van der Waals surface area contributed by atoms with Crippen LogP contribution in [0.1, 0.15) is 25.7 Å². The van der Waals surface area contributed by atoms with Gasteiger partial charge in [-0.05, 0) is 38.8 Å². The van der Waals surface area contributed by atoms with Gasteiger partial charge in [-0.3, -0.25) is 0 Å². The molecule has 0 N–H and O–H groups in total. The zero-order valence-corrected chi connectivity index (χ0v) is 8.74. The van der Waals surface area contributed by atoms with Crippen LogP contribution in [-0.2, 0) is 4.52 Å². The minimum Gasteiger partial charge on any atom is -0.365 e.